The zero-order valence-electron chi connectivity index (χ0n) is 10.5. The van der Waals surface area contributed by atoms with Crippen LogP contribution in [0.1, 0.15) is 5.56 Å². The van der Waals surface area contributed by atoms with Crippen molar-refractivity contribution in [2.45, 2.75) is 0 Å². The molecule has 0 aliphatic carbocycles. The predicted molar refractivity (Wildman–Crippen MR) is 75.0 cm³/mol. The van der Waals surface area contributed by atoms with E-state index in [4.69, 9.17) is 10.00 Å². The van der Waals surface area contributed by atoms with E-state index in [9.17, 15) is 0 Å². The first-order valence-electron chi connectivity index (χ1n) is 5.97. The number of nitrogens with one attached hydrogen (secondary N) is 1. The van der Waals surface area contributed by atoms with E-state index < -0.39 is 0 Å². The van der Waals surface area contributed by atoms with Crippen molar-refractivity contribution in [3.8, 4) is 23.1 Å². The van der Waals surface area contributed by atoms with Crippen molar-refractivity contribution in [3.05, 3.63) is 54.1 Å². The van der Waals surface area contributed by atoms with Crippen LogP contribution in [0.4, 0.5) is 0 Å². The smallest absolute Gasteiger partial charge is 0.119 e. The third kappa shape index (κ3) is 2.04. The highest BCUT2D eigenvalue weighted by atomic mass is 16.5. The molecule has 92 valence electrons. The van der Waals surface area contributed by atoms with Crippen molar-refractivity contribution in [2.24, 2.45) is 0 Å². The number of hydrogen-bond donors (Lipinski definition) is 1. The summed E-state index contributed by atoms with van der Waals surface area (Å²) in [5.41, 5.74) is 3.84. The molecule has 19 heavy (non-hydrogen) atoms. The predicted octanol–water partition coefficient (Wildman–Crippen LogP) is 3.72. The van der Waals surface area contributed by atoms with Gasteiger partial charge in [-0.1, -0.05) is 12.1 Å². The van der Waals surface area contributed by atoms with Crippen LogP contribution >= 0.6 is 0 Å². The molecule has 0 unspecified atom stereocenters. The van der Waals surface area contributed by atoms with E-state index in [1.54, 1.807) is 7.11 Å². The van der Waals surface area contributed by atoms with Gasteiger partial charge in [-0.2, -0.15) is 5.26 Å². The highest BCUT2D eigenvalue weighted by Gasteiger charge is 2.04. The van der Waals surface area contributed by atoms with E-state index in [1.807, 2.05) is 42.5 Å². The van der Waals surface area contributed by atoms with Gasteiger partial charge in [0.2, 0.25) is 0 Å². The molecule has 0 amide bonds. The fraction of sp³-hybridized carbons (Fsp3) is 0.0625. The first-order chi connectivity index (χ1) is 9.30. The van der Waals surface area contributed by atoms with Gasteiger partial charge in [0, 0.05) is 16.6 Å². The lowest BCUT2D eigenvalue weighted by Crippen LogP contribution is -1.80. The van der Waals surface area contributed by atoms with E-state index >= 15 is 0 Å². The average Bonchev–Trinajstić information content (AvgIpc) is 2.90. The van der Waals surface area contributed by atoms with Gasteiger partial charge < -0.3 is 9.72 Å². The Hall–Kier alpha value is -2.73. The Labute approximate surface area is 111 Å². The molecule has 3 heteroatoms. The molecule has 3 aromatic rings. The summed E-state index contributed by atoms with van der Waals surface area (Å²) in [7, 11) is 1.66. The largest absolute Gasteiger partial charge is 0.497 e. The summed E-state index contributed by atoms with van der Waals surface area (Å²) in [4.78, 5) is 3.36. The zero-order valence-corrected chi connectivity index (χ0v) is 10.5. The lowest BCUT2D eigenvalue weighted by atomic mass is 10.1. The summed E-state index contributed by atoms with van der Waals surface area (Å²) in [6.45, 7) is 0. The molecule has 0 atom stereocenters. The van der Waals surface area contributed by atoms with Crippen LogP contribution in [0.15, 0.2) is 48.5 Å². The van der Waals surface area contributed by atoms with Crippen LogP contribution in [-0.4, -0.2) is 12.1 Å². The number of nitriles is 1. The third-order valence-electron chi connectivity index (χ3n) is 3.15. The van der Waals surface area contributed by atoms with Gasteiger partial charge in [-0.3, -0.25) is 0 Å². The minimum atomic E-state index is 0.668. The van der Waals surface area contributed by atoms with Crippen LogP contribution < -0.4 is 4.74 Å². The van der Waals surface area contributed by atoms with Gasteiger partial charge in [-0.25, -0.2) is 0 Å². The van der Waals surface area contributed by atoms with Crippen molar-refractivity contribution in [2.75, 3.05) is 7.11 Å². The second-order valence-electron chi connectivity index (χ2n) is 4.33. The van der Waals surface area contributed by atoms with Crippen molar-refractivity contribution in [3.63, 3.8) is 0 Å². The van der Waals surface area contributed by atoms with Crippen molar-refractivity contribution < 1.29 is 4.74 Å². The molecule has 2 aromatic carbocycles. The molecule has 0 spiro atoms. The number of hydrogen-bond acceptors (Lipinski definition) is 2. The molecule has 1 heterocycles. The van der Waals surface area contributed by atoms with Gasteiger partial charge in [0.1, 0.15) is 5.75 Å². The van der Waals surface area contributed by atoms with Crippen molar-refractivity contribution in [1.82, 2.24) is 4.98 Å². The van der Waals surface area contributed by atoms with Crippen LogP contribution in [0.5, 0.6) is 5.75 Å². The maximum atomic E-state index is 8.80. The number of nitrogens with zero attached hydrogens (tertiary/aromatic N) is 1. The van der Waals surface area contributed by atoms with E-state index in [-0.39, 0.29) is 0 Å². The molecule has 1 aromatic heterocycles. The van der Waals surface area contributed by atoms with Gasteiger partial charge in [-0.05, 0) is 42.0 Å². The molecule has 0 fully saturated rings. The molecule has 0 aliphatic rings. The third-order valence-corrected chi connectivity index (χ3v) is 3.15. The Balaban J connectivity index is 2.07. The molecule has 1 N–H and O–H groups in total. The maximum absolute atomic E-state index is 8.80. The van der Waals surface area contributed by atoms with E-state index in [2.05, 4.69) is 17.1 Å². The molecule has 0 saturated carbocycles. The number of ether oxygens (including phenoxy) is 1. The van der Waals surface area contributed by atoms with Crippen molar-refractivity contribution in [1.29, 1.82) is 5.26 Å². The molecular weight excluding hydrogens is 236 g/mol. The lowest BCUT2D eigenvalue weighted by molar-refractivity contribution is 0.415. The van der Waals surface area contributed by atoms with Gasteiger partial charge in [0.15, 0.2) is 0 Å². The second-order valence-corrected chi connectivity index (χ2v) is 4.33. The fourth-order valence-electron chi connectivity index (χ4n) is 2.12. The summed E-state index contributed by atoms with van der Waals surface area (Å²) >= 11 is 0. The van der Waals surface area contributed by atoms with Gasteiger partial charge in [0.25, 0.3) is 0 Å². The van der Waals surface area contributed by atoms with E-state index in [0.29, 0.717) is 5.56 Å². The van der Waals surface area contributed by atoms with Crippen LogP contribution in [0, 0.1) is 11.3 Å². The normalized spacial score (nSPS) is 10.3. The van der Waals surface area contributed by atoms with Gasteiger partial charge in [0.05, 0.1) is 18.7 Å². The highest BCUT2D eigenvalue weighted by molar-refractivity contribution is 5.87. The molecule has 0 saturated heterocycles. The lowest BCUT2D eigenvalue weighted by Gasteiger charge is -1.97. The number of benzene rings is 2. The standard InChI is InChI=1S/C16H12N2O/c1-19-14-6-7-15-13(8-14)9-16(18-15)12-4-2-11(10-17)3-5-12/h2-9,18H,1H3. The van der Waals surface area contributed by atoms with Crippen LogP contribution in [0.25, 0.3) is 22.2 Å². The second kappa shape index (κ2) is 4.51. The van der Waals surface area contributed by atoms with E-state index in [0.717, 1.165) is 27.9 Å². The molecule has 3 rings (SSSR count). The molecule has 3 nitrogen and oxygen atoms in total. The highest BCUT2D eigenvalue weighted by Crippen LogP contribution is 2.27. The van der Waals surface area contributed by atoms with Crippen LogP contribution in [0.3, 0.4) is 0 Å². The number of methoxy groups -OCH3 is 1. The first kappa shape index (κ1) is 11.4. The monoisotopic (exact) mass is 248 g/mol. The summed E-state index contributed by atoms with van der Waals surface area (Å²) in [5, 5.41) is 9.91. The van der Waals surface area contributed by atoms with Gasteiger partial charge >= 0.3 is 0 Å². The first-order valence-corrected chi connectivity index (χ1v) is 5.97. The number of rotatable bonds is 2. The average molecular weight is 248 g/mol. The number of H-pyrrole nitrogens is 1. The molecular formula is C16H12N2O. The molecule has 0 radical (unpaired) electrons. The fourth-order valence-corrected chi connectivity index (χ4v) is 2.12. The Morgan fingerprint density at radius 3 is 2.53 bits per heavy atom. The Kier molecular flexibility index (Phi) is 2.70. The molecule has 0 aliphatic heterocycles. The SMILES string of the molecule is COc1ccc2[nH]c(-c3ccc(C#N)cc3)cc2c1. The number of aromatic amines is 1. The minimum absolute atomic E-state index is 0.668. The Morgan fingerprint density at radius 2 is 1.84 bits per heavy atom. The summed E-state index contributed by atoms with van der Waals surface area (Å²) < 4.78 is 5.22. The van der Waals surface area contributed by atoms with Crippen LogP contribution in [-0.2, 0) is 0 Å². The Morgan fingerprint density at radius 1 is 1.05 bits per heavy atom. The maximum Gasteiger partial charge on any atom is 0.119 e. The summed E-state index contributed by atoms with van der Waals surface area (Å²) in [6, 6.07) is 17.7. The van der Waals surface area contributed by atoms with Crippen molar-refractivity contribution >= 4 is 10.9 Å². The molecule has 0 bridgehead atoms. The zero-order chi connectivity index (χ0) is 13.2. The van der Waals surface area contributed by atoms with E-state index in [1.165, 1.54) is 0 Å². The quantitative estimate of drug-likeness (QED) is 0.751. The topological polar surface area (TPSA) is 48.8 Å². The summed E-state index contributed by atoms with van der Waals surface area (Å²) in [6.07, 6.45) is 0. The summed E-state index contributed by atoms with van der Waals surface area (Å²) in [5.74, 6) is 0.845. The number of aromatic nitrogens is 1. The van der Waals surface area contributed by atoms with Crippen LogP contribution in [0.2, 0.25) is 0 Å². The number of fused-ring (bicyclic) bond motifs is 1. The van der Waals surface area contributed by atoms with Gasteiger partial charge in [-0.15, -0.1) is 0 Å². The minimum Gasteiger partial charge on any atom is -0.497 e. The Bertz CT molecular complexity index is 764.